The van der Waals surface area contributed by atoms with Crippen LogP contribution in [0.5, 0.6) is 0 Å². The van der Waals surface area contributed by atoms with Crippen LogP contribution in [0.1, 0.15) is 24.1 Å². The summed E-state index contributed by atoms with van der Waals surface area (Å²) >= 11 is 1.43. The molecule has 5 nitrogen and oxygen atoms in total. The number of aryl methyl sites for hydroxylation is 2. The van der Waals surface area contributed by atoms with Crippen LogP contribution in [0.3, 0.4) is 0 Å². The van der Waals surface area contributed by atoms with E-state index in [2.05, 4.69) is 0 Å². The Kier molecular flexibility index (Phi) is 4.80. The van der Waals surface area contributed by atoms with E-state index in [1.807, 2.05) is 67.8 Å². The highest BCUT2D eigenvalue weighted by Crippen LogP contribution is 2.33. The van der Waals surface area contributed by atoms with E-state index in [-0.39, 0.29) is 5.56 Å². The minimum absolute atomic E-state index is 0.256. The summed E-state index contributed by atoms with van der Waals surface area (Å²) in [5.41, 5.74) is 10.1. The van der Waals surface area contributed by atoms with E-state index in [0.29, 0.717) is 16.0 Å². The maximum Gasteiger partial charge on any atom is 0.263 e. The van der Waals surface area contributed by atoms with Gasteiger partial charge in [0.2, 0.25) is 5.91 Å². The van der Waals surface area contributed by atoms with Gasteiger partial charge in [-0.05, 0) is 26.3 Å². The highest BCUT2D eigenvalue weighted by molar-refractivity contribution is 7.17. The van der Waals surface area contributed by atoms with Gasteiger partial charge in [-0.1, -0.05) is 59.7 Å². The molecule has 0 aliphatic heterocycles. The Bertz CT molecular complexity index is 1270. The normalized spacial score (nSPS) is 12.2. The number of amides is 1. The number of benzene rings is 2. The summed E-state index contributed by atoms with van der Waals surface area (Å²) in [5, 5.41) is 2.46. The van der Waals surface area contributed by atoms with Crippen LogP contribution in [0.2, 0.25) is 0 Å². The Balaban J connectivity index is 2.03. The van der Waals surface area contributed by atoms with E-state index in [9.17, 15) is 9.59 Å². The second kappa shape index (κ2) is 7.29. The molecule has 2 N–H and O–H groups in total. The van der Waals surface area contributed by atoms with Crippen LogP contribution >= 0.6 is 11.3 Å². The van der Waals surface area contributed by atoms with E-state index >= 15 is 0 Å². The minimum atomic E-state index is -0.818. The zero-order chi connectivity index (χ0) is 20.7. The molecule has 1 unspecified atom stereocenters. The first-order valence-electron chi connectivity index (χ1n) is 9.34. The fourth-order valence-electron chi connectivity index (χ4n) is 3.34. The van der Waals surface area contributed by atoms with E-state index in [1.54, 1.807) is 6.92 Å². The number of nitrogens with two attached hydrogens (primary N) is 1. The second-order valence-corrected chi connectivity index (χ2v) is 8.11. The molecule has 0 saturated heterocycles. The predicted octanol–water partition coefficient (Wildman–Crippen LogP) is 4.46. The number of nitrogens with zero attached hydrogens (tertiary/aromatic N) is 2. The van der Waals surface area contributed by atoms with Crippen LogP contribution in [0.25, 0.3) is 32.7 Å². The fourth-order valence-corrected chi connectivity index (χ4v) is 4.28. The van der Waals surface area contributed by atoms with Gasteiger partial charge in [-0.3, -0.25) is 14.2 Å². The summed E-state index contributed by atoms with van der Waals surface area (Å²) in [6, 6.07) is 14.9. The number of fused-ring (bicyclic) bond motifs is 1. The molecule has 0 spiro atoms. The second-order valence-electron chi connectivity index (χ2n) is 7.25. The van der Waals surface area contributed by atoms with Crippen molar-refractivity contribution in [3.05, 3.63) is 75.4 Å². The maximum absolute atomic E-state index is 13.6. The van der Waals surface area contributed by atoms with Crippen molar-refractivity contribution in [2.75, 3.05) is 0 Å². The monoisotopic (exact) mass is 403 g/mol. The van der Waals surface area contributed by atoms with Gasteiger partial charge in [0.1, 0.15) is 16.7 Å². The van der Waals surface area contributed by atoms with Crippen LogP contribution in [0.15, 0.2) is 58.7 Å². The number of thiophene rings is 1. The van der Waals surface area contributed by atoms with Crippen molar-refractivity contribution in [1.29, 1.82) is 0 Å². The van der Waals surface area contributed by atoms with E-state index in [4.69, 9.17) is 10.7 Å². The van der Waals surface area contributed by atoms with E-state index < -0.39 is 11.9 Å². The lowest BCUT2D eigenvalue weighted by molar-refractivity contribution is -0.120. The molecule has 0 bridgehead atoms. The third-order valence-corrected chi connectivity index (χ3v) is 5.98. The summed E-state index contributed by atoms with van der Waals surface area (Å²) in [7, 11) is 0. The lowest BCUT2D eigenvalue weighted by Gasteiger charge is -2.17. The minimum Gasteiger partial charge on any atom is -0.368 e. The van der Waals surface area contributed by atoms with Crippen LogP contribution in [0, 0.1) is 13.8 Å². The summed E-state index contributed by atoms with van der Waals surface area (Å²) in [6.07, 6.45) is 0. The van der Waals surface area contributed by atoms with Gasteiger partial charge in [-0.15, -0.1) is 11.3 Å². The van der Waals surface area contributed by atoms with Gasteiger partial charge in [-0.25, -0.2) is 4.98 Å². The number of carbonyl (C=O) groups is 1. The highest BCUT2D eigenvalue weighted by atomic mass is 32.1. The van der Waals surface area contributed by atoms with Crippen molar-refractivity contribution in [3.8, 4) is 22.5 Å². The zero-order valence-corrected chi connectivity index (χ0v) is 17.3. The third kappa shape index (κ3) is 3.36. The lowest BCUT2D eigenvalue weighted by Crippen LogP contribution is -2.33. The summed E-state index contributed by atoms with van der Waals surface area (Å²) in [6.45, 7) is 5.64. The van der Waals surface area contributed by atoms with Crippen molar-refractivity contribution in [3.63, 3.8) is 0 Å². The molecule has 0 radical (unpaired) electrons. The Morgan fingerprint density at radius 1 is 1.00 bits per heavy atom. The van der Waals surface area contributed by atoms with Crippen molar-refractivity contribution in [2.24, 2.45) is 5.73 Å². The van der Waals surface area contributed by atoms with Crippen LogP contribution in [0.4, 0.5) is 0 Å². The average Bonchev–Trinajstić information content (AvgIpc) is 3.13. The quantitative estimate of drug-likeness (QED) is 0.547. The van der Waals surface area contributed by atoms with Gasteiger partial charge in [0.05, 0.1) is 5.39 Å². The zero-order valence-electron chi connectivity index (χ0n) is 16.5. The topological polar surface area (TPSA) is 78.0 Å². The summed E-state index contributed by atoms with van der Waals surface area (Å²) in [4.78, 5) is 31.0. The van der Waals surface area contributed by atoms with Crippen LogP contribution in [-0.2, 0) is 4.79 Å². The molecule has 1 amide bonds. The van der Waals surface area contributed by atoms with Gasteiger partial charge in [-0.2, -0.15) is 0 Å². The first-order chi connectivity index (χ1) is 13.9. The van der Waals surface area contributed by atoms with Gasteiger partial charge < -0.3 is 5.73 Å². The molecule has 2 aromatic carbocycles. The Labute approximate surface area is 172 Å². The number of primary amides is 1. The number of hydrogen-bond acceptors (Lipinski definition) is 4. The lowest BCUT2D eigenvalue weighted by atomic mass is 10.0. The molecular weight excluding hydrogens is 382 g/mol. The molecular formula is C23H21N3O2S. The van der Waals surface area contributed by atoms with Gasteiger partial charge >= 0.3 is 0 Å². The molecule has 2 heterocycles. The highest BCUT2D eigenvalue weighted by Gasteiger charge is 2.23. The summed E-state index contributed by atoms with van der Waals surface area (Å²) < 4.78 is 1.42. The molecule has 6 heteroatoms. The molecule has 1 atom stereocenters. The van der Waals surface area contributed by atoms with E-state index in [0.717, 1.165) is 27.8 Å². The molecule has 0 aliphatic carbocycles. The van der Waals surface area contributed by atoms with Crippen molar-refractivity contribution in [2.45, 2.75) is 26.8 Å². The Morgan fingerprint density at radius 3 is 2.10 bits per heavy atom. The van der Waals surface area contributed by atoms with Gasteiger partial charge in [0.15, 0.2) is 0 Å². The number of hydrogen-bond donors (Lipinski definition) is 1. The summed E-state index contributed by atoms with van der Waals surface area (Å²) in [5.74, 6) is -0.125. The molecule has 4 aromatic rings. The van der Waals surface area contributed by atoms with Crippen molar-refractivity contribution < 1.29 is 4.79 Å². The first kappa shape index (κ1) is 19.1. The molecule has 0 saturated carbocycles. The smallest absolute Gasteiger partial charge is 0.263 e. The third-order valence-electron chi connectivity index (χ3n) is 5.11. The van der Waals surface area contributed by atoms with E-state index in [1.165, 1.54) is 15.9 Å². The predicted molar refractivity (Wildman–Crippen MR) is 118 cm³/mol. The van der Waals surface area contributed by atoms with Crippen molar-refractivity contribution in [1.82, 2.24) is 9.55 Å². The fraction of sp³-hybridized carbons (Fsp3) is 0.174. The van der Waals surface area contributed by atoms with Crippen LogP contribution in [-0.4, -0.2) is 15.5 Å². The number of aromatic nitrogens is 2. The molecule has 29 heavy (non-hydrogen) atoms. The maximum atomic E-state index is 13.6. The average molecular weight is 404 g/mol. The first-order valence-corrected chi connectivity index (χ1v) is 10.2. The SMILES string of the molecule is Cc1ccc(-c2csc3nc(-c4ccc(C)cc4)n(C(C)C(N)=O)c(=O)c23)cc1. The molecule has 0 fully saturated rings. The van der Waals surface area contributed by atoms with Gasteiger partial charge in [0.25, 0.3) is 5.56 Å². The van der Waals surface area contributed by atoms with Crippen molar-refractivity contribution >= 4 is 27.5 Å². The number of rotatable bonds is 4. The molecule has 0 aliphatic rings. The molecule has 2 aromatic heterocycles. The van der Waals surface area contributed by atoms with Crippen LogP contribution < -0.4 is 11.3 Å². The standard InChI is InChI=1S/C23H21N3O2S/c1-13-4-8-16(9-5-13)18-12-29-22-19(18)23(28)26(15(3)20(24)27)21(25-22)17-10-6-14(2)7-11-17/h4-12,15H,1-3H3,(H2,24,27). The number of carbonyl (C=O) groups excluding carboxylic acids is 1. The Morgan fingerprint density at radius 2 is 1.55 bits per heavy atom. The Hall–Kier alpha value is -3.25. The van der Waals surface area contributed by atoms with Gasteiger partial charge in [0, 0.05) is 16.5 Å². The molecule has 4 rings (SSSR count). The molecule has 146 valence electrons. The largest absolute Gasteiger partial charge is 0.368 e.